The van der Waals surface area contributed by atoms with E-state index in [9.17, 15) is 4.79 Å². The van der Waals surface area contributed by atoms with Crippen molar-refractivity contribution in [1.29, 1.82) is 0 Å². The van der Waals surface area contributed by atoms with Crippen LogP contribution < -0.4 is 5.32 Å². The van der Waals surface area contributed by atoms with Gasteiger partial charge in [0.05, 0.1) is 0 Å². The van der Waals surface area contributed by atoms with Crippen LogP contribution in [0.5, 0.6) is 0 Å². The molecule has 0 radical (unpaired) electrons. The number of hydrogen-bond donors (Lipinski definition) is 1. The average Bonchev–Trinajstić information content (AvgIpc) is 2.37. The lowest BCUT2D eigenvalue weighted by atomic mass is 10.0. The molecule has 0 heterocycles. The number of carbonyl (C=O) groups excluding carboxylic acids is 1. The molecule has 1 aromatic rings. The summed E-state index contributed by atoms with van der Waals surface area (Å²) in [6.07, 6.45) is 4.40. The molecule has 2 nitrogen and oxygen atoms in total. The van der Waals surface area contributed by atoms with Crippen molar-refractivity contribution in [2.75, 3.05) is 0 Å². The second-order valence-corrected chi connectivity index (χ2v) is 5.69. The smallest absolute Gasteiger partial charge is 0.223 e. The SMILES string of the molecule is CCCCCC(C)C(=O)NCc1ccc(Cl)cc1Cl. The Hall–Kier alpha value is -0.730. The summed E-state index contributed by atoms with van der Waals surface area (Å²) in [5, 5.41) is 4.11. The van der Waals surface area contributed by atoms with Gasteiger partial charge >= 0.3 is 0 Å². The Morgan fingerprint density at radius 1 is 1.32 bits per heavy atom. The monoisotopic (exact) mass is 301 g/mol. The molecule has 1 aromatic carbocycles. The van der Waals surface area contributed by atoms with Crippen LogP contribution in [0.2, 0.25) is 10.0 Å². The molecule has 0 saturated carbocycles. The quantitative estimate of drug-likeness (QED) is 0.718. The molecule has 0 aliphatic carbocycles. The summed E-state index contributed by atoms with van der Waals surface area (Å²) in [6.45, 7) is 4.58. The highest BCUT2D eigenvalue weighted by molar-refractivity contribution is 6.35. The summed E-state index contributed by atoms with van der Waals surface area (Å²) in [7, 11) is 0. The number of carbonyl (C=O) groups is 1. The van der Waals surface area contributed by atoms with E-state index < -0.39 is 0 Å². The van der Waals surface area contributed by atoms with E-state index in [2.05, 4.69) is 12.2 Å². The lowest BCUT2D eigenvalue weighted by Gasteiger charge is -2.12. The topological polar surface area (TPSA) is 29.1 Å². The Kier molecular flexibility index (Phi) is 7.25. The average molecular weight is 302 g/mol. The van der Waals surface area contributed by atoms with E-state index in [1.807, 2.05) is 13.0 Å². The van der Waals surface area contributed by atoms with E-state index in [0.717, 1.165) is 18.4 Å². The molecule has 0 aromatic heterocycles. The fourth-order valence-corrected chi connectivity index (χ4v) is 2.33. The number of rotatable bonds is 7. The summed E-state index contributed by atoms with van der Waals surface area (Å²) >= 11 is 11.9. The van der Waals surface area contributed by atoms with Gasteiger partial charge in [-0.2, -0.15) is 0 Å². The largest absolute Gasteiger partial charge is 0.352 e. The fourth-order valence-electron chi connectivity index (χ4n) is 1.85. The molecular weight excluding hydrogens is 281 g/mol. The van der Waals surface area contributed by atoms with Crippen molar-refractivity contribution in [2.45, 2.75) is 46.1 Å². The third-order valence-corrected chi connectivity index (χ3v) is 3.74. The van der Waals surface area contributed by atoms with E-state index in [1.165, 1.54) is 12.8 Å². The van der Waals surface area contributed by atoms with Gasteiger partial charge in [0.2, 0.25) is 5.91 Å². The summed E-state index contributed by atoms with van der Waals surface area (Å²) in [5.74, 6) is 0.139. The molecule has 1 N–H and O–H groups in total. The maximum absolute atomic E-state index is 11.9. The first-order valence-electron chi connectivity index (χ1n) is 6.76. The minimum atomic E-state index is 0.0534. The van der Waals surface area contributed by atoms with Crippen LogP contribution in [0.1, 0.15) is 45.1 Å². The van der Waals surface area contributed by atoms with Gasteiger partial charge in [0.25, 0.3) is 0 Å². The lowest BCUT2D eigenvalue weighted by molar-refractivity contribution is -0.124. The van der Waals surface area contributed by atoms with Crippen molar-refractivity contribution in [1.82, 2.24) is 5.32 Å². The maximum atomic E-state index is 11.9. The predicted molar refractivity (Wildman–Crippen MR) is 81.6 cm³/mol. The number of unbranched alkanes of at least 4 members (excludes halogenated alkanes) is 2. The Bertz CT molecular complexity index is 421. The minimum Gasteiger partial charge on any atom is -0.352 e. The van der Waals surface area contributed by atoms with Crippen LogP contribution in [0.25, 0.3) is 0 Å². The van der Waals surface area contributed by atoms with Crippen molar-refractivity contribution >= 4 is 29.1 Å². The standard InChI is InChI=1S/C15H21Cl2NO/c1-3-4-5-6-11(2)15(19)18-10-12-7-8-13(16)9-14(12)17/h7-9,11H,3-6,10H2,1-2H3,(H,18,19). The van der Waals surface area contributed by atoms with Crippen LogP contribution in [0, 0.1) is 5.92 Å². The van der Waals surface area contributed by atoms with Crippen LogP contribution in [0.3, 0.4) is 0 Å². The van der Waals surface area contributed by atoms with Crippen LogP contribution >= 0.6 is 23.2 Å². The zero-order chi connectivity index (χ0) is 14.3. The third-order valence-electron chi connectivity index (χ3n) is 3.16. The van der Waals surface area contributed by atoms with Gasteiger partial charge in [-0.1, -0.05) is 62.4 Å². The summed E-state index contributed by atoms with van der Waals surface area (Å²) in [4.78, 5) is 11.9. The number of benzene rings is 1. The summed E-state index contributed by atoms with van der Waals surface area (Å²) in [6, 6.07) is 5.31. The summed E-state index contributed by atoms with van der Waals surface area (Å²) < 4.78 is 0. The first kappa shape index (κ1) is 16.3. The molecule has 0 bridgehead atoms. The third kappa shape index (κ3) is 5.84. The van der Waals surface area contributed by atoms with E-state index in [1.54, 1.807) is 12.1 Å². The molecule has 0 spiro atoms. The van der Waals surface area contributed by atoms with Gasteiger partial charge in [-0.25, -0.2) is 0 Å². The van der Waals surface area contributed by atoms with Crippen LogP contribution in [0.15, 0.2) is 18.2 Å². The van der Waals surface area contributed by atoms with Gasteiger partial charge in [0, 0.05) is 22.5 Å². The highest BCUT2D eigenvalue weighted by Crippen LogP contribution is 2.21. The second kappa shape index (κ2) is 8.44. The van der Waals surface area contributed by atoms with Crippen LogP contribution in [0.4, 0.5) is 0 Å². The highest BCUT2D eigenvalue weighted by Gasteiger charge is 2.12. The number of hydrogen-bond acceptors (Lipinski definition) is 1. The molecule has 0 aliphatic heterocycles. The van der Waals surface area contributed by atoms with E-state index in [0.29, 0.717) is 16.6 Å². The lowest BCUT2D eigenvalue weighted by Crippen LogP contribution is -2.28. The van der Waals surface area contributed by atoms with E-state index in [-0.39, 0.29) is 11.8 Å². The molecule has 1 atom stereocenters. The number of nitrogens with one attached hydrogen (secondary N) is 1. The zero-order valence-electron chi connectivity index (χ0n) is 11.5. The molecule has 106 valence electrons. The molecule has 0 saturated heterocycles. The van der Waals surface area contributed by atoms with Crippen LogP contribution in [-0.4, -0.2) is 5.91 Å². The molecule has 0 fully saturated rings. The first-order valence-corrected chi connectivity index (χ1v) is 7.51. The molecule has 0 aliphatic rings. The molecule has 1 rings (SSSR count). The maximum Gasteiger partial charge on any atom is 0.223 e. The van der Waals surface area contributed by atoms with E-state index in [4.69, 9.17) is 23.2 Å². The van der Waals surface area contributed by atoms with Crippen molar-refractivity contribution in [3.63, 3.8) is 0 Å². The highest BCUT2D eigenvalue weighted by atomic mass is 35.5. The minimum absolute atomic E-state index is 0.0534. The van der Waals surface area contributed by atoms with Gasteiger partial charge in [0.15, 0.2) is 0 Å². The fraction of sp³-hybridized carbons (Fsp3) is 0.533. The van der Waals surface area contributed by atoms with E-state index >= 15 is 0 Å². The van der Waals surface area contributed by atoms with Gasteiger partial charge < -0.3 is 5.32 Å². The van der Waals surface area contributed by atoms with Crippen molar-refractivity contribution in [3.8, 4) is 0 Å². The van der Waals surface area contributed by atoms with Crippen molar-refractivity contribution in [2.24, 2.45) is 5.92 Å². The molecule has 4 heteroatoms. The first-order chi connectivity index (χ1) is 9.04. The second-order valence-electron chi connectivity index (χ2n) is 4.85. The molecule has 19 heavy (non-hydrogen) atoms. The predicted octanol–water partition coefficient (Wildman–Crippen LogP) is 4.83. The van der Waals surface area contributed by atoms with Crippen LogP contribution in [-0.2, 0) is 11.3 Å². The zero-order valence-corrected chi connectivity index (χ0v) is 13.0. The van der Waals surface area contributed by atoms with Gasteiger partial charge in [-0.3, -0.25) is 4.79 Å². The molecule has 1 amide bonds. The molecular formula is C15H21Cl2NO. The Labute approximate surface area is 125 Å². The number of halogens is 2. The van der Waals surface area contributed by atoms with Crippen molar-refractivity contribution < 1.29 is 4.79 Å². The molecule has 1 unspecified atom stereocenters. The van der Waals surface area contributed by atoms with Gasteiger partial charge in [-0.05, 0) is 24.1 Å². The van der Waals surface area contributed by atoms with Gasteiger partial charge in [-0.15, -0.1) is 0 Å². The van der Waals surface area contributed by atoms with Gasteiger partial charge in [0.1, 0.15) is 0 Å². The number of amides is 1. The normalized spacial score (nSPS) is 12.2. The Balaban J connectivity index is 2.40. The Morgan fingerprint density at radius 2 is 2.05 bits per heavy atom. The summed E-state index contributed by atoms with van der Waals surface area (Å²) in [5.41, 5.74) is 0.889. The van der Waals surface area contributed by atoms with Crippen molar-refractivity contribution in [3.05, 3.63) is 33.8 Å². The Morgan fingerprint density at radius 3 is 2.68 bits per heavy atom.